The van der Waals surface area contributed by atoms with Crippen LogP contribution in [0, 0.1) is 13.8 Å². The number of phenolic OH excluding ortho intramolecular Hbond substituents is 2. The van der Waals surface area contributed by atoms with Gasteiger partial charge in [-0.2, -0.15) is 0 Å². The van der Waals surface area contributed by atoms with Gasteiger partial charge in [0.1, 0.15) is 11.5 Å². The lowest BCUT2D eigenvalue weighted by Gasteiger charge is -2.18. The van der Waals surface area contributed by atoms with Crippen molar-refractivity contribution >= 4 is 0 Å². The molecule has 0 aliphatic heterocycles. The zero-order valence-corrected chi connectivity index (χ0v) is 8.46. The van der Waals surface area contributed by atoms with Gasteiger partial charge < -0.3 is 10.2 Å². The van der Waals surface area contributed by atoms with Crippen molar-refractivity contribution in [2.24, 2.45) is 0 Å². The van der Waals surface area contributed by atoms with Gasteiger partial charge in [0.25, 0.3) is 0 Å². The number of benzene rings is 1. The zero-order valence-electron chi connectivity index (χ0n) is 8.46. The minimum atomic E-state index is 0.347. The Labute approximate surface area is 83.5 Å². The summed E-state index contributed by atoms with van der Waals surface area (Å²) in [7, 11) is 0. The third kappa shape index (κ3) is 1.10. The van der Waals surface area contributed by atoms with E-state index in [1.54, 1.807) is 0 Å². The highest BCUT2D eigenvalue weighted by Gasteiger charge is 2.18. The van der Waals surface area contributed by atoms with E-state index >= 15 is 0 Å². The van der Waals surface area contributed by atoms with Crippen molar-refractivity contribution in [1.82, 2.24) is 0 Å². The van der Waals surface area contributed by atoms with E-state index in [-0.39, 0.29) is 0 Å². The standard InChI is InChI=1S/C12H14O2/c1-7-8(2)12(14)10-6-4-3-5-9(10)11(7)13/h3-4,13-14H,5-6H2,1-2H3. The third-order valence-corrected chi connectivity index (χ3v) is 3.02. The predicted octanol–water partition coefficient (Wildman–Crippen LogP) is 2.37. The summed E-state index contributed by atoms with van der Waals surface area (Å²) in [5.74, 6) is 0.694. The Kier molecular flexibility index (Phi) is 1.99. The first-order valence-electron chi connectivity index (χ1n) is 4.80. The van der Waals surface area contributed by atoms with E-state index in [4.69, 9.17) is 0 Å². The van der Waals surface area contributed by atoms with Crippen LogP contribution in [0.25, 0.3) is 0 Å². The maximum atomic E-state index is 9.90. The number of hydrogen-bond acceptors (Lipinski definition) is 2. The Bertz CT molecular complexity index is 378. The van der Waals surface area contributed by atoms with Crippen LogP contribution in [0.15, 0.2) is 12.2 Å². The van der Waals surface area contributed by atoms with Gasteiger partial charge in [-0.1, -0.05) is 12.2 Å². The molecule has 2 heteroatoms. The lowest BCUT2D eigenvalue weighted by Crippen LogP contribution is -2.01. The monoisotopic (exact) mass is 190 g/mol. The van der Waals surface area contributed by atoms with Gasteiger partial charge in [0.15, 0.2) is 0 Å². The highest BCUT2D eigenvalue weighted by atomic mass is 16.3. The Morgan fingerprint density at radius 3 is 1.57 bits per heavy atom. The molecule has 1 aliphatic carbocycles. The van der Waals surface area contributed by atoms with E-state index < -0.39 is 0 Å². The first-order chi connectivity index (χ1) is 6.63. The van der Waals surface area contributed by atoms with Crippen LogP contribution in [0.5, 0.6) is 11.5 Å². The van der Waals surface area contributed by atoms with E-state index in [0.29, 0.717) is 11.5 Å². The molecule has 0 heterocycles. The Hall–Kier alpha value is -1.44. The molecule has 0 fully saturated rings. The quantitative estimate of drug-likeness (QED) is 0.487. The Morgan fingerprint density at radius 1 is 0.857 bits per heavy atom. The molecule has 0 saturated heterocycles. The number of fused-ring (bicyclic) bond motifs is 1. The molecule has 0 bridgehead atoms. The average molecular weight is 190 g/mol. The highest BCUT2D eigenvalue weighted by molar-refractivity contribution is 5.59. The fraction of sp³-hybridized carbons (Fsp3) is 0.333. The van der Waals surface area contributed by atoms with Crippen LogP contribution in [0.2, 0.25) is 0 Å². The number of phenols is 2. The van der Waals surface area contributed by atoms with Gasteiger partial charge in [0, 0.05) is 11.1 Å². The van der Waals surface area contributed by atoms with E-state index in [1.165, 1.54) is 0 Å². The van der Waals surface area contributed by atoms with Crippen molar-refractivity contribution in [2.75, 3.05) is 0 Å². The van der Waals surface area contributed by atoms with Gasteiger partial charge in [-0.3, -0.25) is 0 Å². The number of allylic oxidation sites excluding steroid dienone is 2. The van der Waals surface area contributed by atoms with E-state index in [1.807, 2.05) is 26.0 Å². The number of aromatic hydroxyl groups is 2. The van der Waals surface area contributed by atoms with Crippen LogP contribution in [-0.4, -0.2) is 10.2 Å². The molecular weight excluding hydrogens is 176 g/mol. The third-order valence-electron chi connectivity index (χ3n) is 3.02. The van der Waals surface area contributed by atoms with Gasteiger partial charge in [-0.25, -0.2) is 0 Å². The minimum Gasteiger partial charge on any atom is -0.507 e. The van der Waals surface area contributed by atoms with Crippen LogP contribution >= 0.6 is 0 Å². The molecule has 1 aromatic carbocycles. The van der Waals surface area contributed by atoms with Crippen LogP contribution in [0.3, 0.4) is 0 Å². The van der Waals surface area contributed by atoms with Gasteiger partial charge in [0.05, 0.1) is 0 Å². The summed E-state index contributed by atoms with van der Waals surface area (Å²) in [5.41, 5.74) is 3.34. The summed E-state index contributed by atoms with van der Waals surface area (Å²) < 4.78 is 0. The van der Waals surface area contributed by atoms with Crippen LogP contribution < -0.4 is 0 Å². The molecule has 0 radical (unpaired) electrons. The SMILES string of the molecule is Cc1c(C)c(O)c2c(c1O)CC=CC2. The van der Waals surface area contributed by atoms with E-state index in [0.717, 1.165) is 35.1 Å². The van der Waals surface area contributed by atoms with Gasteiger partial charge in [-0.05, 0) is 37.8 Å². The molecule has 0 atom stereocenters. The Balaban J connectivity index is 2.74. The van der Waals surface area contributed by atoms with Crippen molar-refractivity contribution in [1.29, 1.82) is 0 Å². The largest absolute Gasteiger partial charge is 0.507 e. The maximum Gasteiger partial charge on any atom is 0.122 e. The maximum absolute atomic E-state index is 9.90. The van der Waals surface area contributed by atoms with Crippen LogP contribution in [0.4, 0.5) is 0 Å². The second-order valence-electron chi connectivity index (χ2n) is 3.78. The molecule has 1 aliphatic rings. The molecule has 1 aromatic rings. The van der Waals surface area contributed by atoms with E-state index in [9.17, 15) is 10.2 Å². The van der Waals surface area contributed by atoms with Crippen molar-refractivity contribution in [3.63, 3.8) is 0 Å². The summed E-state index contributed by atoms with van der Waals surface area (Å²) >= 11 is 0. The summed E-state index contributed by atoms with van der Waals surface area (Å²) in [6.45, 7) is 3.67. The lowest BCUT2D eigenvalue weighted by molar-refractivity contribution is 0.442. The minimum absolute atomic E-state index is 0.347. The molecule has 2 N–H and O–H groups in total. The summed E-state index contributed by atoms with van der Waals surface area (Å²) in [6.07, 6.45) is 5.48. The normalized spacial score (nSPS) is 14.1. The Morgan fingerprint density at radius 2 is 1.21 bits per heavy atom. The fourth-order valence-corrected chi connectivity index (χ4v) is 1.94. The van der Waals surface area contributed by atoms with Crippen LogP contribution in [0.1, 0.15) is 22.3 Å². The molecule has 74 valence electrons. The van der Waals surface area contributed by atoms with E-state index in [2.05, 4.69) is 0 Å². The molecule has 0 saturated carbocycles. The molecule has 14 heavy (non-hydrogen) atoms. The molecule has 0 spiro atoms. The first kappa shape index (κ1) is 9.13. The van der Waals surface area contributed by atoms with Crippen molar-refractivity contribution < 1.29 is 10.2 Å². The van der Waals surface area contributed by atoms with Gasteiger partial charge in [0.2, 0.25) is 0 Å². The molecule has 0 amide bonds. The molecule has 2 nitrogen and oxygen atoms in total. The predicted molar refractivity (Wildman–Crippen MR) is 55.8 cm³/mol. The van der Waals surface area contributed by atoms with Crippen molar-refractivity contribution in [3.8, 4) is 11.5 Å². The number of hydrogen-bond donors (Lipinski definition) is 2. The highest BCUT2D eigenvalue weighted by Crippen LogP contribution is 2.38. The van der Waals surface area contributed by atoms with Crippen molar-refractivity contribution in [3.05, 3.63) is 34.4 Å². The first-order valence-corrected chi connectivity index (χ1v) is 4.80. The topological polar surface area (TPSA) is 40.5 Å². The molecule has 0 unspecified atom stereocenters. The van der Waals surface area contributed by atoms with Crippen LogP contribution in [-0.2, 0) is 12.8 Å². The summed E-state index contributed by atoms with van der Waals surface area (Å²) in [6, 6.07) is 0. The van der Waals surface area contributed by atoms with Gasteiger partial charge in [-0.15, -0.1) is 0 Å². The summed E-state index contributed by atoms with van der Waals surface area (Å²) in [5, 5.41) is 19.8. The zero-order chi connectivity index (χ0) is 10.3. The second-order valence-corrected chi connectivity index (χ2v) is 3.78. The molecule has 2 rings (SSSR count). The fourth-order valence-electron chi connectivity index (χ4n) is 1.94. The second kappa shape index (κ2) is 3.05. The molecule has 0 aromatic heterocycles. The smallest absolute Gasteiger partial charge is 0.122 e. The lowest BCUT2D eigenvalue weighted by atomic mass is 9.90. The van der Waals surface area contributed by atoms with Crippen molar-refractivity contribution in [2.45, 2.75) is 26.7 Å². The average Bonchev–Trinajstić information content (AvgIpc) is 2.23. The molecular formula is C12H14O2. The van der Waals surface area contributed by atoms with Gasteiger partial charge >= 0.3 is 0 Å². The summed E-state index contributed by atoms with van der Waals surface area (Å²) in [4.78, 5) is 0. The number of rotatable bonds is 0.